The van der Waals surface area contributed by atoms with E-state index in [2.05, 4.69) is 41.9 Å². The number of fused-ring (bicyclic) bond motifs is 1. The van der Waals surface area contributed by atoms with Gasteiger partial charge in [0.1, 0.15) is 5.65 Å². The molecule has 4 heterocycles. The van der Waals surface area contributed by atoms with Gasteiger partial charge in [0.05, 0.1) is 6.10 Å². The molecule has 2 unspecified atom stereocenters. The first-order valence-corrected chi connectivity index (χ1v) is 9.85. The zero-order valence-corrected chi connectivity index (χ0v) is 16.1. The van der Waals surface area contributed by atoms with Crippen molar-refractivity contribution >= 4 is 22.6 Å². The Morgan fingerprint density at radius 3 is 3.07 bits per heavy atom. The highest BCUT2D eigenvalue weighted by Crippen LogP contribution is 2.37. The molecule has 0 aliphatic carbocycles. The van der Waals surface area contributed by atoms with Gasteiger partial charge < -0.3 is 19.9 Å². The Morgan fingerprint density at radius 1 is 1.44 bits per heavy atom. The van der Waals surface area contributed by atoms with Gasteiger partial charge in [-0.1, -0.05) is 6.58 Å². The average Bonchev–Trinajstić information content (AvgIpc) is 3.26. The Balaban J connectivity index is 1.62. The van der Waals surface area contributed by atoms with Crippen LogP contribution in [-0.2, 0) is 9.53 Å². The smallest absolute Gasteiger partial charge is 0.246 e. The van der Waals surface area contributed by atoms with E-state index in [1.54, 1.807) is 0 Å². The molecule has 0 bridgehead atoms. The third kappa shape index (κ3) is 3.34. The number of amides is 1. The Morgan fingerprint density at radius 2 is 2.30 bits per heavy atom. The number of rotatable bonds is 4. The Labute approximate surface area is 160 Å². The summed E-state index contributed by atoms with van der Waals surface area (Å²) in [6, 6.07) is 2.40. The predicted molar refractivity (Wildman–Crippen MR) is 107 cm³/mol. The van der Waals surface area contributed by atoms with E-state index >= 15 is 0 Å². The summed E-state index contributed by atoms with van der Waals surface area (Å²) in [5.41, 5.74) is 3.33. The summed E-state index contributed by atoms with van der Waals surface area (Å²) in [6.45, 7) is 9.43. The van der Waals surface area contributed by atoms with E-state index in [-0.39, 0.29) is 24.1 Å². The van der Waals surface area contributed by atoms with Crippen LogP contribution in [-0.4, -0.2) is 52.1 Å². The molecule has 4 rings (SSSR count). The predicted octanol–water partition coefficient (Wildman–Crippen LogP) is 3.43. The molecule has 2 N–H and O–H groups in total. The van der Waals surface area contributed by atoms with Crippen LogP contribution < -0.4 is 5.32 Å². The molecule has 2 saturated heterocycles. The highest BCUT2D eigenvalue weighted by molar-refractivity contribution is 5.93. The van der Waals surface area contributed by atoms with Gasteiger partial charge in [0, 0.05) is 48.7 Å². The Kier molecular flexibility index (Phi) is 4.91. The molecular formula is C21H28N4O2. The quantitative estimate of drug-likeness (QED) is 0.811. The Bertz CT molecular complexity index is 846. The second-order valence-corrected chi connectivity index (χ2v) is 7.74. The SMILES string of the molecule is C=CC(=O)N1CC[C@@H](Nc2ccnc3[nH]cc(C4CCOC(C)C4)c23)[C@H]1C. The first kappa shape index (κ1) is 18.0. The molecule has 2 aliphatic heterocycles. The van der Waals surface area contributed by atoms with Crippen molar-refractivity contribution in [2.75, 3.05) is 18.5 Å². The number of nitrogens with zero attached hydrogens (tertiary/aromatic N) is 2. The fourth-order valence-electron chi connectivity index (χ4n) is 4.57. The summed E-state index contributed by atoms with van der Waals surface area (Å²) in [5.74, 6) is 0.484. The summed E-state index contributed by atoms with van der Waals surface area (Å²) >= 11 is 0. The normalized spacial score (nSPS) is 28.4. The number of carbonyl (C=O) groups is 1. The minimum Gasteiger partial charge on any atom is -0.380 e. The largest absolute Gasteiger partial charge is 0.380 e. The van der Waals surface area contributed by atoms with E-state index in [0.717, 1.165) is 43.7 Å². The molecule has 144 valence electrons. The van der Waals surface area contributed by atoms with Gasteiger partial charge >= 0.3 is 0 Å². The van der Waals surface area contributed by atoms with Crippen LogP contribution >= 0.6 is 0 Å². The zero-order valence-electron chi connectivity index (χ0n) is 16.1. The molecule has 0 spiro atoms. The highest BCUT2D eigenvalue weighted by Gasteiger charge is 2.33. The van der Waals surface area contributed by atoms with Crippen molar-refractivity contribution in [2.45, 2.75) is 57.2 Å². The number of hydrogen-bond acceptors (Lipinski definition) is 4. The molecule has 0 saturated carbocycles. The maximum absolute atomic E-state index is 12.0. The van der Waals surface area contributed by atoms with Crippen LogP contribution in [0.15, 0.2) is 31.1 Å². The van der Waals surface area contributed by atoms with Crippen LogP contribution in [0.5, 0.6) is 0 Å². The fraction of sp³-hybridized carbons (Fsp3) is 0.524. The average molecular weight is 368 g/mol. The number of pyridine rings is 1. The summed E-state index contributed by atoms with van der Waals surface area (Å²) < 4.78 is 5.73. The topological polar surface area (TPSA) is 70.2 Å². The molecule has 2 fully saturated rings. The molecule has 4 atom stereocenters. The molecule has 0 aromatic carbocycles. The number of nitrogens with one attached hydrogen (secondary N) is 2. The van der Waals surface area contributed by atoms with Crippen molar-refractivity contribution in [3.8, 4) is 0 Å². The van der Waals surface area contributed by atoms with Crippen LogP contribution in [0.25, 0.3) is 11.0 Å². The maximum Gasteiger partial charge on any atom is 0.246 e. The van der Waals surface area contributed by atoms with E-state index in [0.29, 0.717) is 5.92 Å². The lowest BCUT2D eigenvalue weighted by molar-refractivity contribution is -0.126. The van der Waals surface area contributed by atoms with Crippen LogP contribution in [0.2, 0.25) is 0 Å². The monoisotopic (exact) mass is 368 g/mol. The zero-order chi connectivity index (χ0) is 19.0. The van der Waals surface area contributed by atoms with Gasteiger partial charge in [0.25, 0.3) is 0 Å². The molecular weight excluding hydrogens is 340 g/mol. The van der Waals surface area contributed by atoms with Gasteiger partial charge in [-0.25, -0.2) is 4.98 Å². The van der Waals surface area contributed by atoms with Gasteiger partial charge in [-0.2, -0.15) is 0 Å². The number of aromatic amines is 1. The van der Waals surface area contributed by atoms with Crippen molar-refractivity contribution in [3.63, 3.8) is 0 Å². The van der Waals surface area contributed by atoms with Crippen LogP contribution in [0.4, 0.5) is 5.69 Å². The summed E-state index contributed by atoms with van der Waals surface area (Å²) in [5, 5.41) is 4.88. The first-order chi connectivity index (χ1) is 13.1. The van der Waals surface area contributed by atoms with Gasteiger partial charge in [-0.3, -0.25) is 4.79 Å². The van der Waals surface area contributed by atoms with Gasteiger partial charge in [-0.15, -0.1) is 0 Å². The molecule has 2 aromatic heterocycles. The van der Waals surface area contributed by atoms with Crippen LogP contribution in [0.3, 0.4) is 0 Å². The van der Waals surface area contributed by atoms with Crippen molar-refractivity contribution in [2.24, 2.45) is 0 Å². The number of aromatic nitrogens is 2. The lowest BCUT2D eigenvalue weighted by Crippen LogP contribution is -2.39. The van der Waals surface area contributed by atoms with Crippen LogP contribution in [0.1, 0.15) is 44.6 Å². The van der Waals surface area contributed by atoms with E-state index in [1.165, 1.54) is 17.0 Å². The number of likely N-dealkylation sites (tertiary alicyclic amines) is 1. The van der Waals surface area contributed by atoms with Crippen molar-refractivity contribution in [1.29, 1.82) is 0 Å². The molecule has 0 radical (unpaired) electrons. The van der Waals surface area contributed by atoms with E-state index in [1.807, 2.05) is 17.2 Å². The van der Waals surface area contributed by atoms with E-state index in [9.17, 15) is 4.79 Å². The molecule has 27 heavy (non-hydrogen) atoms. The minimum atomic E-state index is 0.00482. The second kappa shape index (κ2) is 7.35. The van der Waals surface area contributed by atoms with Crippen molar-refractivity contribution in [3.05, 3.63) is 36.7 Å². The molecule has 6 heteroatoms. The number of anilines is 1. The van der Waals surface area contributed by atoms with E-state index in [4.69, 9.17) is 4.74 Å². The number of H-pyrrole nitrogens is 1. The number of carbonyl (C=O) groups excluding carboxylic acids is 1. The lowest BCUT2D eigenvalue weighted by atomic mass is 9.88. The standard InChI is InChI=1S/C21H28N4O2/c1-4-19(26)25-9-6-17(14(25)3)24-18-5-8-22-21-20(18)16(12-23-21)15-7-10-27-13(2)11-15/h4-5,8,12-15,17H,1,6-7,9-11H2,2-3H3,(H2,22,23,24)/t13?,14-,15?,17-/m1/s1. The summed E-state index contributed by atoms with van der Waals surface area (Å²) in [6.07, 6.45) is 8.63. The summed E-state index contributed by atoms with van der Waals surface area (Å²) in [4.78, 5) is 21.8. The van der Waals surface area contributed by atoms with Gasteiger partial charge in [0.2, 0.25) is 5.91 Å². The third-order valence-corrected chi connectivity index (χ3v) is 6.08. The van der Waals surface area contributed by atoms with Gasteiger partial charge in [0.15, 0.2) is 0 Å². The van der Waals surface area contributed by atoms with Crippen LogP contribution in [0, 0.1) is 0 Å². The van der Waals surface area contributed by atoms with Crippen molar-refractivity contribution < 1.29 is 9.53 Å². The molecule has 1 amide bonds. The highest BCUT2D eigenvalue weighted by atomic mass is 16.5. The Hall–Kier alpha value is -2.34. The molecule has 6 nitrogen and oxygen atoms in total. The fourth-order valence-corrected chi connectivity index (χ4v) is 4.57. The molecule has 2 aromatic rings. The minimum absolute atomic E-state index is 0.00482. The number of ether oxygens (including phenoxy) is 1. The van der Waals surface area contributed by atoms with E-state index < -0.39 is 0 Å². The second-order valence-electron chi connectivity index (χ2n) is 7.74. The maximum atomic E-state index is 12.0. The third-order valence-electron chi connectivity index (χ3n) is 6.08. The first-order valence-electron chi connectivity index (χ1n) is 9.85. The van der Waals surface area contributed by atoms with Gasteiger partial charge in [-0.05, 0) is 56.7 Å². The van der Waals surface area contributed by atoms with Crippen molar-refractivity contribution in [1.82, 2.24) is 14.9 Å². The number of hydrogen-bond donors (Lipinski definition) is 2. The molecule has 2 aliphatic rings. The summed E-state index contributed by atoms with van der Waals surface area (Å²) in [7, 11) is 0. The lowest BCUT2D eigenvalue weighted by Gasteiger charge is -2.28.